The van der Waals surface area contributed by atoms with Crippen LogP contribution in [0, 0.1) is 6.92 Å². The maximum Gasteiger partial charge on any atom is 0.321 e. The number of nitrogens with zero attached hydrogens (tertiary/aromatic N) is 2. The van der Waals surface area contributed by atoms with Crippen LogP contribution in [-0.4, -0.2) is 30.0 Å². The lowest BCUT2D eigenvalue weighted by atomic mass is 10.1. The fourth-order valence-electron chi connectivity index (χ4n) is 3.05. The highest BCUT2D eigenvalue weighted by atomic mass is 32.2. The van der Waals surface area contributed by atoms with Gasteiger partial charge in [-0.1, -0.05) is 30.0 Å². The Balaban J connectivity index is 1.43. The van der Waals surface area contributed by atoms with Crippen LogP contribution in [0.1, 0.15) is 21.6 Å². The molecule has 1 aliphatic heterocycles. The molecule has 4 rings (SSSR count). The van der Waals surface area contributed by atoms with Gasteiger partial charge in [-0.3, -0.25) is 9.69 Å². The predicted octanol–water partition coefficient (Wildman–Crippen LogP) is 4.53. The van der Waals surface area contributed by atoms with Gasteiger partial charge < -0.3 is 10.6 Å². The van der Waals surface area contributed by atoms with Gasteiger partial charge in [-0.25, -0.2) is 9.78 Å². The monoisotopic (exact) mass is 424 g/mol. The zero-order valence-electron chi connectivity index (χ0n) is 15.8. The molecule has 0 bridgehead atoms. The number of thiazole rings is 1. The number of benzene rings is 2. The Morgan fingerprint density at radius 3 is 2.72 bits per heavy atom. The quantitative estimate of drug-likeness (QED) is 0.571. The summed E-state index contributed by atoms with van der Waals surface area (Å²) in [6.45, 7) is 3.27. The molecule has 1 saturated heterocycles. The van der Waals surface area contributed by atoms with Crippen LogP contribution in [0.15, 0.2) is 58.3 Å². The summed E-state index contributed by atoms with van der Waals surface area (Å²) in [5.41, 5.74) is 4.13. The molecule has 2 N–H and O–H groups in total. The molecule has 1 fully saturated rings. The van der Waals surface area contributed by atoms with Gasteiger partial charge in [-0.05, 0) is 42.8 Å². The van der Waals surface area contributed by atoms with Crippen LogP contribution in [0.25, 0.3) is 0 Å². The average molecular weight is 425 g/mol. The van der Waals surface area contributed by atoms with Crippen LogP contribution in [-0.2, 0) is 5.75 Å². The highest BCUT2D eigenvalue weighted by molar-refractivity contribution is 8.00. The number of aromatic nitrogens is 1. The first kappa shape index (κ1) is 19.5. The predicted molar refractivity (Wildman–Crippen MR) is 118 cm³/mol. The Bertz CT molecular complexity index is 1030. The van der Waals surface area contributed by atoms with Crippen LogP contribution in [0.5, 0.6) is 0 Å². The summed E-state index contributed by atoms with van der Waals surface area (Å²) in [7, 11) is 0. The van der Waals surface area contributed by atoms with Gasteiger partial charge in [-0.15, -0.1) is 11.3 Å². The second-order valence-corrected chi connectivity index (χ2v) is 8.67. The number of nitrogens with one attached hydrogen (secondary N) is 2. The van der Waals surface area contributed by atoms with Gasteiger partial charge in [-0.2, -0.15) is 0 Å². The lowest BCUT2D eigenvalue weighted by Crippen LogP contribution is -2.27. The maximum absolute atomic E-state index is 12.8. The number of aryl methyl sites for hydroxylation is 1. The molecule has 29 heavy (non-hydrogen) atoms. The highest BCUT2D eigenvalue weighted by Gasteiger charge is 2.21. The van der Waals surface area contributed by atoms with E-state index in [9.17, 15) is 9.59 Å². The summed E-state index contributed by atoms with van der Waals surface area (Å²) in [6.07, 6.45) is 0. The molecule has 8 heteroatoms. The zero-order chi connectivity index (χ0) is 20.2. The van der Waals surface area contributed by atoms with Crippen LogP contribution in [0.2, 0.25) is 0 Å². The number of carbonyl (C=O) groups excluding carboxylic acids is 2. The van der Waals surface area contributed by atoms with Gasteiger partial charge in [0.1, 0.15) is 4.34 Å². The largest absolute Gasteiger partial charge is 0.336 e. The minimum Gasteiger partial charge on any atom is -0.336 e. The van der Waals surface area contributed by atoms with Crippen molar-refractivity contribution in [3.63, 3.8) is 0 Å². The maximum atomic E-state index is 12.8. The van der Waals surface area contributed by atoms with E-state index in [1.807, 2.05) is 60.8 Å². The Morgan fingerprint density at radius 2 is 2.03 bits per heavy atom. The van der Waals surface area contributed by atoms with Gasteiger partial charge >= 0.3 is 6.03 Å². The zero-order valence-corrected chi connectivity index (χ0v) is 17.5. The summed E-state index contributed by atoms with van der Waals surface area (Å²) >= 11 is 3.25. The minimum atomic E-state index is -0.150. The van der Waals surface area contributed by atoms with Gasteiger partial charge in [0, 0.05) is 46.9 Å². The number of hydrogen-bond donors (Lipinski definition) is 2. The van der Waals surface area contributed by atoms with Crippen molar-refractivity contribution in [1.82, 2.24) is 10.3 Å². The van der Waals surface area contributed by atoms with Crippen molar-refractivity contribution in [2.45, 2.75) is 17.0 Å². The summed E-state index contributed by atoms with van der Waals surface area (Å²) in [5, 5.41) is 7.75. The molecule has 0 atom stereocenters. The molecule has 1 aromatic heterocycles. The van der Waals surface area contributed by atoms with Crippen LogP contribution in [0.4, 0.5) is 16.2 Å². The second kappa shape index (κ2) is 8.67. The number of thioether (sulfide) groups is 1. The van der Waals surface area contributed by atoms with E-state index in [-0.39, 0.29) is 11.9 Å². The molecule has 3 amide bonds. The molecule has 148 valence electrons. The van der Waals surface area contributed by atoms with Crippen LogP contribution >= 0.6 is 23.1 Å². The van der Waals surface area contributed by atoms with Gasteiger partial charge in [0.2, 0.25) is 0 Å². The minimum absolute atomic E-state index is 0.0939. The third kappa shape index (κ3) is 4.60. The molecule has 1 aliphatic rings. The molecule has 3 aromatic rings. The lowest BCUT2D eigenvalue weighted by Gasteiger charge is -2.15. The smallest absolute Gasteiger partial charge is 0.321 e. The molecular formula is C21H20N4O2S2. The topological polar surface area (TPSA) is 74.3 Å². The van der Waals surface area contributed by atoms with E-state index < -0.39 is 0 Å². The van der Waals surface area contributed by atoms with Crippen molar-refractivity contribution in [2.24, 2.45) is 0 Å². The molecule has 0 radical (unpaired) electrons. The van der Waals surface area contributed by atoms with Crippen LogP contribution < -0.4 is 15.5 Å². The molecule has 6 nitrogen and oxygen atoms in total. The standard InChI is InChI=1S/C21H20N4O2S2/c1-14-12-28-21(23-14)29-13-15-4-2-3-5-18(15)19(26)24-16-6-8-17(9-7-16)25-11-10-22-20(25)27/h2-9,12H,10-11,13H2,1H3,(H,22,27)(H,24,26). The van der Waals surface area contributed by atoms with Gasteiger partial charge in [0.15, 0.2) is 0 Å². The number of hydrogen-bond acceptors (Lipinski definition) is 5. The number of anilines is 2. The number of amides is 3. The fourth-order valence-corrected chi connectivity index (χ4v) is 4.90. The first-order valence-corrected chi connectivity index (χ1v) is 11.1. The average Bonchev–Trinajstić information content (AvgIpc) is 3.35. The normalized spacial score (nSPS) is 13.4. The Kier molecular flexibility index (Phi) is 5.82. The second-order valence-electron chi connectivity index (χ2n) is 6.59. The van der Waals surface area contributed by atoms with E-state index in [0.717, 1.165) is 21.3 Å². The molecular weight excluding hydrogens is 404 g/mol. The number of carbonyl (C=O) groups is 2. The molecule has 0 unspecified atom stereocenters. The van der Waals surface area contributed by atoms with Crippen LogP contribution in [0.3, 0.4) is 0 Å². The van der Waals surface area contributed by atoms with E-state index in [1.54, 1.807) is 28.0 Å². The van der Waals surface area contributed by atoms with E-state index >= 15 is 0 Å². The molecule has 0 saturated carbocycles. The number of rotatable bonds is 6. The molecule has 2 aromatic carbocycles. The first-order valence-electron chi connectivity index (χ1n) is 9.20. The Hall–Kier alpha value is -2.84. The van der Waals surface area contributed by atoms with Crippen molar-refractivity contribution in [1.29, 1.82) is 0 Å². The summed E-state index contributed by atoms with van der Waals surface area (Å²) in [4.78, 5) is 30.7. The lowest BCUT2D eigenvalue weighted by molar-refractivity contribution is 0.102. The number of urea groups is 1. The highest BCUT2D eigenvalue weighted by Crippen LogP contribution is 2.28. The summed E-state index contributed by atoms with van der Waals surface area (Å²) in [6, 6.07) is 14.8. The van der Waals surface area contributed by atoms with Crippen molar-refractivity contribution in [3.05, 3.63) is 70.7 Å². The SMILES string of the molecule is Cc1csc(SCc2ccccc2C(=O)Nc2ccc(N3CCNC3=O)cc2)n1. The Labute approximate surface area is 177 Å². The van der Waals surface area contributed by atoms with E-state index in [2.05, 4.69) is 15.6 Å². The van der Waals surface area contributed by atoms with Gasteiger partial charge in [0.25, 0.3) is 5.91 Å². The first-order chi connectivity index (χ1) is 14.1. The van der Waals surface area contributed by atoms with E-state index in [0.29, 0.717) is 30.1 Å². The summed E-state index contributed by atoms with van der Waals surface area (Å²) in [5.74, 6) is 0.530. The van der Waals surface area contributed by atoms with E-state index in [1.165, 1.54) is 0 Å². The Morgan fingerprint density at radius 1 is 1.24 bits per heavy atom. The van der Waals surface area contributed by atoms with Crippen molar-refractivity contribution in [3.8, 4) is 0 Å². The third-order valence-corrected chi connectivity index (χ3v) is 6.69. The van der Waals surface area contributed by atoms with Crippen molar-refractivity contribution >= 4 is 46.4 Å². The molecule has 2 heterocycles. The van der Waals surface area contributed by atoms with E-state index in [4.69, 9.17) is 0 Å². The van der Waals surface area contributed by atoms with Gasteiger partial charge in [0.05, 0.1) is 0 Å². The van der Waals surface area contributed by atoms with Crippen molar-refractivity contribution < 1.29 is 9.59 Å². The fraction of sp³-hybridized carbons (Fsp3) is 0.190. The van der Waals surface area contributed by atoms with Crippen molar-refractivity contribution in [2.75, 3.05) is 23.3 Å². The molecule has 0 spiro atoms. The third-order valence-electron chi connectivity index (χ3n) is 4.50. The summed E-state index contributed by atoms with van der Waals surface area (Å²) < 4.78 is 0.999. The molecule has 0 aliphatic carbocycles.